The minimum absolute atomic E-state index is 0.0139. The maximum absolute atomic E-state index is 12.7. The van der Waals surface area contributed by atoms with Crippen molar-refractivity contribution in [3.63, 3.8) is 0 Å². The number of fused-ring (bicyclic) bond motifs is 1. The van der Waals surface area contributed by atoms with E-state index in [4.69, 9.17) is 13.9 Å². The molecule has 0 spiro atoms. The highest BCUT2D eigenvalue weighted by Crippen LogP contribution is 2.40. The van der Waals surface area contributed by atoms with Crippen LogP contribution in [0.2, 0.25) is 0 Å². The monoisotopic (exact) mass is 486 g/mol. The van der Waals surface area contributed by atoms with Crippen LogP contribution in [-0.4, -0.2) is 57.5 Å². The zero-order valence-electron chi connectivity index (χ0n) is 18.4. The molecule has 0 radical (unpaired) electrons. The molecule has 0 bridgehead atoms. The summed E-state index contributed by atoms with van der Waals surface area (Å²) in [5.74, 6) is -1.59. The summed E-state index contributed by atoms with van der Waals surface area (Å²) in [5, 5.41) is 11.6. The highest BCUT2D eigenvalue weighted by Gasteiger charge is 2.54. The Kier molecular flexibility index (Phi) is 6.64. The largest absolute Gasteiger partial charge is 0.485 e. The first kappa shape index (κ1) is 23.4. The number of hydrogen-bond acceptors (Lipinski definition) is 8. The second-order valence-corrected chi connectivity index (χ2v) is 8.82. The summed E-state index contributed by atoms with van der Waals surface area (Å²) in [5.41, 5.74) is 1.08. The van der Waals surface area contributed by atoms with Crippen LogP contribution < -0.4 is 10.1 Å². The van der Waals surface area contributed by atoms with E-state index in [1.54, 1.807) is 6.07 Å². The number of esters is 1. The van der Waals surface area contributed by atoms with E-state index in [1.807, 2.05) is 31.2 Å². The van der Waals surface area contributed by atoms with Crippen molar-refractivity contribution in [3.8, 4) is 5.75 Å². The van der Waals surface area contributed by atoms with Crippen LogP contribution in [0.25, 0.3) is 0 Å². The molecule has 1 aromatic heterocycles. The van der Waals surface area contributed by atoms with Gasteiger partial charge in [0, 0.05) is 18.2 Å². The number of nitrogens with one attached hydrogen (secondary N) is 1. The van der Waals surface area contributed by atoms with Gasteiger partial charge in [0.05, 0.1) is 0 Å². The lowest BCUT2D eigenvalue weighted by Crippen LogP contribution is -2.70. The van der Waals surface area contributed by atoms with Crippen LogP contribution >= 0.6 is 11.8 Å². The summed E-state index contributed by atoms with van der Waals surface area (Å²) in [6.45, 7) is 3.06. The average molecular weight is 487 g/mol. The molecule has 1 saturated heterocycles. The number of carboxylic acid groups (broad SMARTS) is 1. The van der Waals surface area contributed by atoms with Crippen LogP contribution in [0, 0.1) is 6.92 Å². The molecule has 2 aliphatic heterocycles. The Balaban J connectivity index is 1.39. The molecule has 34 heavy (non-hydrogen) atoms. The van der Waals surface area contributed by atoms with Gasteiger partial charge in [-0.3, -0.25) is 19.3 Å². The second-order valence-electron chi connectivity index (χ2n) is 7.72. The number of carboxylic acids is 1. The number of amides is 2. The lowest BCUT2D eigenvalue weighted by molar-refractivity contribution is -0.149. The number of aliphatic carboxylic acids is 1. The lowest BCUT2D eigenvalue weighted by atomic mass is 10.0. The Labute approximate surface area is 198 Å². The molecule has 4 rings (SSSR count). The Morgan fingerprint density at radius 1 is 1.21 bits per heavy atom. The van der Waals surface area contributed by atoms with Crippen molar-refractivity contribution in [3.05, 3.63) is 64.8 Å². The number of thioether (sulfide) groups is 1. The van der Waals surface area contributed by atoms with Crippen LogP contribution in [0.1, 0.15) is 28.8 Å². The molecule has 11 heteroatoms. The number of ether oxygens (including phenoxy) is 2. The Hall–Kier alpha value is -3.73. The maximum Gasteiger partial charge on any atom is 0.352 e. The first-order valence-corrected chi connectivity index (χ1v) is 11.4. The third kappa shape index (κ3) is 4.65. The number of benzene rings is 1. The molecule has 2 aromatic rings. The fourth-order valence-corrected chi connectivity index (χ4v) is 4.97. The second kappa shape index (κ2) is 9.64. The van der Waals surface area contributed by atoms with Crippen molar-refractivity contribution in [1.29, 1.82) is 0 Å². The number of hydrogen-bond donors (Lipinski definition) is 2. The lowest BCUT2D eigenvalue weighted by Gasteiger charge is -2.49. The number of rotatable bonds is 8. The van der Waals surface area contributed by atoms with Crippen LogP contribution in [-0.2, 0) is 25.7 Å². The summed E-state index contributed by atoms with van der Waals surface area (Å²) < 4.78 is 16.2. The van der Waals surface area contributed by atoms with Crippen molar-refractivity contribution >= 4 is 35.5 Å². The minimum Gasteiger partial charge on any atom is -0.485 e. The normalized spacial score (nSPS) is 19.2. The number of aryl methyl sites for hydroxylation is 1. The van der Waals surface area contributed by atoms with E-state index in [2.05, 4.69) is 5.32 Å². The zero-order chi connectivity index (χ0) is 24.4. The van der Waals surface area contributed by atoms with Crippen LogP contribution in [0.4, 0.5) is 0 Å². The maximum atomic E-state index is 12.7. The van der Waals surface area contributed by atoms with Crippen molar-refractivity contribution in [2.45, 2.75) is 31.9 Å². The molecular formula is C23H22N2O8S. The smallest absolute Gasteiger partial charge is 0.352 e. The third-order valence-electron chi connectivity index (χ3n) is 5.34. The fraction of sp³-hybridized carbons (Fsp3) is 0.304. The van der Waals surface area contributed by atoms with Gasteiger partial charge in [-0.1, -0.05) is 18.2 Å². The molecule has 0 aliphatic carbocycles. The van der Waals surface area contributed by atoms with Gasteiger partial charge in [0.15, 0.2) is 5.76 Å². The summed E-state index contributed by atoms with van der Waals surface area (Å²) in [4.78, 5) is 49.3. The summed E-state index contributed by atoms with van der Waals surface area (Å²) in [6, 6.07) is 9.71. The van der Waals surface area contributed by atoms with Crippen LogP contribution in [0.5, 0.6) is 5.75 Å². The topological polar surface area (TPSA) is 135 Å². The van der Waals surface area contributed by atoms with Crippen molar-refractivity contribution in [2.24, 2.45) is 0 Å². The van der Waals surface area contributed by atoms with E-state index in [0.717, 1.165) is 10.5 Å². The Morgan fingerprint density at radius 3 is 2.68 bits per heavy atom. The standard InChI is InChI=1S/C23H22N2O8S/c1-12-5-3-4-6-16(12)32-10-15-7-8-17(33-15)20(27)24-18-21(28)25-19(23(29)30)14(9-31-13(2)26)11-34-22(18)25/h3-8,18,22H,9-11H2,1-2H3,(H,24,27)(H,29,30)/t18-,22+/m1/s1. The predicted octanol–water partition coefficient (Wildman–Crippen LogP) is 2.08. The van der Waals surface area contributed by atoms with Crippen molar-refractivity contribution < 1.29 is 38.2 Å². The Morgan fingerprint density at radius 2 is 1.97 bits per heavy atom. The quantitative estimate of drug-likeness (QED) is 0.425. The highest BCUT2D eigenvalue weighted by molar-refractivity contribution is 8.00. The molecular weight excluding hydrogens is 464 g/mol. The molecule has 2 amide bonds. The SMILES string of the molecule is CC(=O)OCC1=C(C(=O)O)N2C(=O)[C@@H](NC(=O)c3ccc(COc4ccccc4C)o3)[C@@H]2SC1. The molecule has 2 atom stereocenters. The van der Waals surface area contributed by atoms with E-state index < -0.39 is 35.2 Å². The molecule has 178 valence electrons. The van der Waals surface area contributed by atoms with Gasteiger partial charge in [0.1, 0.15) is 41.8 Å². The highest BCUT2D eigenvalue weighted by atomic mass is 32.2. The van der Waals surface area contributed by atoms with E-state index >= 15 is 0 Å². The van der Waals surface area contributed by atoms with Gasteiger partial charge in [-0.2, -0.15) is 0 Å². The number of carbonyl (C=O) groups excluding carboxylic acids is 3. The van der Waals surface area contributed by atoms with E-state index in [0.29, 0.717) is 17.1 Å². The van der Waals surface area contributed by atoms with Gasteiger partial charge >= 0.3 is 11.9 Å². The third-order valence-corrected chi connectivity index (χ3v) is 6.67. The van der Waals surface area contributed by atoms with Crippen molar-refractivity contribution in [2.75, 3.05) is 12.4 Å². The molecule has 2 N–H and O–H groups in total. The minimum atomic E-state index is -1.30. The zero-order valence-corrected chi connectivity index (χ0v) is 19.2. The van der Waals surface area contributed by atoms with Crippen LogP contribution in [0.3, 0.4) is 0 Å². The molecule has 1 aromatic carbocycles. The number of para-hydroxylation sites is 1. The first-order chi connectivity index (χ1) is 16.3. The predicted molar refractivity (Wildman–Crippen MR) is 120 cm³/mol. The molecule has 2 aliphatic rings. The van der Waals surface area contributed by atoms with Gasteiger partial charge in [0.2, 0.25) is 0 Å². The van der Waals surface area contributed by atoms with E-state index in [9.17, 15) is 24.3 Å². The number of nitrogens with zero attached hydrogens (tertiary/aromatic N) is 1. The summed E-state index contributed by atoms with van der Waals surface area (Å²) in [6.07, 6.45) is 0. The number of β-lactam (4-membered cyclic amide) rings is 1. The van der Waals surface area contributed by atoms with Crippen molar-refractivity contribution in [1.82, 2.24) is 10.2 Å². The van der Waals surface area contributed by atoms with Gasteiger partial charge in [-0.05, 0) is 30.7 Å². The van der Waals surface area contributed by atoms with Gasteiger partial charge < -0.3 is 24.3 Å². The molecule has 0 saturated carbocycles. The number of carbonyl (C=O) groups is 4. The Bertz CT molecular complexity index is 1190. The van der Waals surface area contributed by atoms with Gasteiger partial charge in [-0.25, -0.2) is 4.79 Å². The molecule has 10 nitrogen and oxygen atoms in total. The van der Waals surface area contributed by atoms with Gasteiger partial charge in [0.25, 0.3) is 11.8 Å². The average Bonchev–Trinajstić information content (AvgIpc) is 3.28. The van der Waals surface area contributed by atoms with E-state index in [1.165, 1.54) is 24.8 Å². The van der Waals surface area contributed by atoms with Crippen LogP contribution in [0.15, 0.2) is 52.1 Å². The van der Waals surface area contributed by atoms with E-state index in [-0.39, 0.29) is 30.4 Å². The molecule has 1 fully saturated rings. The molecule has 0 unspecified atom stereocenters. The first-order valence-electron chi connectivity index (χ1n) is 10.4. The fourth-order valence-electron chi connectivity index (χ4n) is 3.64. The molecule has 3 heterocycles. The van der Waals surface area contributed by atoms with Gasteiger partial charge in [-0.15, -0.1) is 11.8 Å². The summed E-state index contributed by atoms with van der Waals surface area (Å²) >= 11 is 1.28. The summed E-state index contributed by atoms with van der Waals surface area (Å²) in [7, 11) is 0. The number of furan rings is 1.